The van der Waals surface area contributed by atoms with Crippen molar-refractivity contribution in [3.63, 3.8) is 0 Å². The molecule has 112 valence electrons. The summed E-state index contributed by atoms with van der Waals surface area (Å²) in [6.45, 7) is -0.274. The zero-order valence-corrected chi connectivity index (χ0v) is 10.9. The largest absolute Gasteiger partial charge is 0.476 e. The molecule has 0 amide bonds. The number of benzene rings is 1. The van der Waals surface area contributed by atoms with E-state index in [1.807, 2.05) is 0 Å². The highest BCUT2D eigenvalue weighted by Gasteiger charge is 2.19. The van der Waals surface area contributed by atoms with Crippen LogP contribution in [0.4, 0.5) is 13.2 Å². The second-order valence-corrected chi connectivity index (χ2v) is 4.52. The maximum Gasteiger partial charge on any atom is 0.357 e. The number of hydrogen-bond donors (Lipinski definition) is 1. The van der Waals surface area contributed by atoms with Crippen LogP contribution in [0.2, 0.25) is 0 Å². The Kier molecular flexibility index (Phi) is 3.28. The minimum atomic E-state index is -1.58. The van der Waals surface area contributed by atoms with Crippen molar-refractivity contribution >= 4 is 17.0 Å². The number of fused-ring (bicyclic) bond motifs is 1. The smallest absolute Gasteiger partial charge is 0.357 e. The van der Waals surface area contributed by atoms with E-state index in [-0.39, 0.29) is 28.8 Å². The van der Waals surface area contributed by atoms with E-state index >= 15 is 0 Å². The lowest BCUT2D eigenvalue weighted by atomic mass is 10.2. The average molecular weight is 307 g/mol. The number of aromatic carboxylic acids is 1. The van der Waals surface area contributed by atoms with Crippen LogP contribution in [-0.2, 0) is 6.54 Å². The Morgan fingerprint density at radius 3 is 2.68 bits per heavy atom. The van der Waals surface area contributed by atoms with Crippen LogP contribution < -0.4 is 0 Å². The van der Waals surface area contributed by atoms with Crippen LogP contribution in [-0.4, -0.2) is 25.8 Å². The monoisotopic (exact) mass is 307 g/mol. The predicted octanol–water partition coefficient (Wildman–Crippen LogP) is 2.60. The molecule has 5 nitrogen and oxygen atoms in total. The number of pyridine rings is 1. The summed E-state index contributed by atoms with van der Waals surface area (Å²) in [4.78, 5) is 15.2. The van der Waals surface area contributed by atoms with Crippen LogP contribution in [0, 0.1) is 17.5 Å². The van der Waals surface area contributed by atoms with Crippen LogP contribution in [0.25, 0.3) is 11.0 Å². The van der Waals surface area contributed by atoms with Crippen LogP contribution >= 0.6 is 0 Å². The molecule has 0 unspecified atom stereocenters. The molecule has 3 rings (SSSR count). The normalized spacial score (nSPS) is 11.0. The first-order chi connectivity index (χ1) is 10.5. The number of rotatable bonds is 3. The van der Waals surface area contributed by atoms with Crippen LogP contribution in [0.15, 0.2) is 30.5 Å². The molecule has 0 atom stereocenters. The fraction of sp³-hybridized carbons (Fsp3) is 0.0714. The second kappa shape index (κ2) is 5.14. The minimum absolute atomic E-state index is 0.161. The molecule has 0 saturated carbocycles. The molecule has 0 radical (unpaired) electrons. The number of nitrogens with zero attached hydrogens (tertiary/aromatic N) is 3. The molecule has 1 aromatic carbocycles. The Hall–Kier alpha value is -2.90. The van der Waals surface area contributed by atoms with Crippen molar-refractivity contribution in [1.82, 2.24) is 14.8 Å². The first-order valence-electron chi connectivity index (χ1n) is 6.16. The molecule has 22 heavy (non-hydrogen) atoms. The number of carboxylic acid groups (broad SMARTS) is 1. The predicted molar refractivity (Wildman–Crippen MR) is 69.9 cm³/mol. The lowest BCUT2D eigenvalue weighted by Crippen LogP contribution is -2.08. The van der Waals surface area contributed by atoms with Gasteiger partial charge in [0.1, 0.15) is 0 Å². The second-order valence-electron chi connectivity index (χ2n) is 4.52. The van der Waals surface area contributed by atoms with E-state index in [0.717, 1.165) is 16.8 Å². The van der Waals surface area contributed by atoms with Crippen LogP contribution in [0.3, 0.4) is 0 Å². The van der Waals surface area contributed by atoms with Gasteiger partial charge in [0.25, 0.3) is 0 Å². The summed E-state index contributed by atoms with van der Waals surface area (Å²) < 4.78 is 41.0. The molecular formula is C14H8F3N3O2. The molecule has 8 heteroatoms. The molecule has 3 aromatic rings. The van der Waals surface area contributed by atoms with Crippen molar-refractivity contribution in [1.29, 1.82) is 0 Å². The van der Waals surface area contributed by atoms with Gasteiger partial charge in [0.15, 0.2) is 28.8 Å². The quantitative estimate of drug-likeness (QED) is 0.755. The zero-order chi connectivity index (χ0) is 15.9. The van der Waals surface area contributed by atoms with Crippen molar-refractivity contribution in [3.05, 3.63) is 59.2 Å². The van der Waals surface area contributed by atoms with Gasteiger partial charge in [-0.1, -0.05) is 6.07 Å². The van der Waals surface area contributed by atoms with Crippen molar-refractivity contribution in [3.8, 4) is 0 Å². The van der Waals surface area contributed by atoms with Crippen molar-refractivity contribution < 1.29 is 23.1 Å². The van der Waals surface area contributed by atoms with E-state index < -0.39 is 23.4 Å². The Morgan fingerprint density at radius 2 is 1.95 bits per heavy atom. The molecule has 1 N–H and O–H groups in total. The van der Waals surface area contributed by atoms with Gasteiger partial charge in [0.05, 0.1) is 11.9 Å². The van der Waals surface area contributed by atoms with E-state index in [1.165, 1.54) is 12.3 Å². The van der Waals surface area contributed by atoms with E-state index in [4.69, 9.17) is 5.11 Å². The Morgan fingerprint density at radius 1 is 1.18 bits per heavy atom. The van der Waals surface area contributed by atoms with Gasteiger partial charge in [-0.05, 0) is 18.2 Å². The third-order valence-corrected chi connectivity index (χ3v) is 3.14. The molecule has 0 aliphatic rings. The Bertz CT molecular complexity index is 892. The zero-order valence-electron chi connectivity index (χ0n) is 10.9. The third kappa shape index (κ3) is 2.18. The van der Waals surface area contributed by atoms with Gasteiger partial charge in [0.2, 0.25) is 0 Å². The number of hydrogen-bond acceptors (Lipinski definition) is 3. The fourth-order valence-corrected chi connectivity index (χ4v) is 2.13. The summed E-state index contributed by atoms with van der Waals surface area (Å²) in [6, 6.07) is 4.92. The number of carboxylic acids is 1. The van der Waals surface area contributed by atoms with E-state index in [1.54, 1.807) is 6.07 Å². The molecule has 2 heterocycles. The summed E-state index contributed by atoms with van der Waals surface area (Å²) in [6.07, 6.45) is 1.42. The number of aromatic nitrogens is 3. The van der Waals surface area contributed by atoms with Crippen LogP contribution in [0.5, 0.6) is 0 Å². The van der Waals surface area contributed by atoms with Crippen molar-refractivity contribution in [2.45, 2.75) is 6.54 Å². The summed E-state index contributed by atoms with van der Waals surface area (Å²) in [5.41, 5.74) is -0.194. The molecule has 0 saturated heterocycles. The van der Waals surface area contributed by atoms with E-state index in [0.29, 0.717) is 0 Å². The molecule has 0 aliphatic carbocycles. The molecule has 2 aromatic heterocycles. The lowest BCUT2D eigenvalue weighted by molar-refractivity contribution is 0.0691. The minimum Gasteiger partial charge on any atom is -0.476 e. The maximum absolute atomic E-state index is 13.7. The maximum atomic E-state index is 13.7. The molecule has 0 aliphatic heterocycles. The van der Waals surface area contributed by atoms with Gasteiger partial charge in [-0.2, -0.15) is 5.10 Å². The average Bonchev–Trinajstić information content (AvgIpc) is 2.87. The molecular weight excluding hydrogens is 299 g/mol. The van der Waals surface area contributed by atoms with Crippen molar-refractivity contribution in [2.75, 3.05) is 0 Å². The van der Waals surface area contributed by atoms with Gasteiger partial charge in [-0.15, -0.1) is 0 Å². The lowest BCUT2D eigenvalue weighted by Gasteiger charge is -2.05. The number of halogens is 3. The third-order valence-electron chi connectivity index (χ3n) is 3.14. The van der Waals surface area contributed by atoms with Gasteiger partial charge in [0, 0.05) is 11.8 Å². The fourth-order valence-electron chi connectivity index (χ4n) is 2.13. The molecule has 0 spiro atoms. The highest BCUT2D eigenvalue weighted by atomic mass is 19.2. The standard InChI is InChI=1S/C14H8F3N3O2/c15-9-4-3-7(10(16)11(9)17)6-20-13-8(2-1-5-18-13)12(19-20)14(21)22/h1-5H,6H2,(H,21,22). The Labute approximate surface area is 121 Å². The van der Waals surface area contributed by atoms with Gasteiger partial charge >= 0.3 is 5.97 Å². The molecule has 0 bridgehead atoms. The summed E-state index contributed by atoms with van der Waals surface area (Å²) in [5.74, 6) is -5.48. The van der Waals surface area contributed by atoms with E-state index in [9.17, 15) is 18.0 Å². The van der Waals surface area contributed by atoms with Gasteiger partial charge in [-0.3, -0.25) is 0 Å². The topological polar surface area (TPSA) is 68.0 Å². The summed E-state index contributed by atoms with van der Waals surface area (Å²) >= 11 is 0. The Balaban J connectivity index is 2.12. The molecule has 0 fully saturated rings. The highest BCUT2D eigenvalue weighted by Crippen LogP contribution is 2.20. The van der Waals surface area contributed by atoms with Gasteiger partial charge < -0.3 is 5.11 Å². The number of carbonyl (C=O) groups is 1. The highest BCUT2D eigenvalue weighted by molar-refractivity contribution is 5.99. The summed E-state index contributed by atoms with van der Waals surface area (Å²) in [5, 5.41) is 13.2. The van der Waals surface area contributed by atoms with Crippen molar-refractivity contribution in [2.24, 2.45) is 0 Å². The first-order valence-corrected chi connectivity index (χ1v) is 6.16. The van der Waals surface area contributed by atoms with Crippen LogP contribution in [0.1, 0.15) is 16.1 Å². The van der Waals surface area contributed by atoms with E-state index in [2.05, 4.69) is 10.1 Å². The first kappa shape index (κ1) is 14.1. The van der Waals surface area contributed by atoms with Gasteiger partial charge in [-0.25, -0.2) is 27.6 Å². The SMILES string of the molecule is O=C(O)c1nn(Cc2ccc(F)c(F)c2F)c2ncccc12. The summed E-state index contributed by atoms with van der Waals surface area (Å²) in [7, 11) is 0.